The molecule has 2 bridgehead atoms. The average Bonchev–Trinajstić information content (AvgIpc) is 3.07. The molecule has 3 aliphatic carbocycles. The quantitative estimate of drug-likeness (QED) is 0.469. The zero-order valence-electron chi connectivity index (χ0n) is 10.5. The van der Waals surface area contributed by atoms with Crippen molar-refractivity contribution in [1.82, 2.24) is 0 Å². The minimum Gasteiger partial charge on any atom is -0.438 e. The van der Waals surface area contributed by atoms with Gasteiger partial charge in [0.1, 0.15) is 0 Å². The molecule has 0 aromatic carbocycles. The third kappa shape index (κ3) is 2.19. The lowest BCUT2D eigenvalue weighted by atomic mass is 9.94. The van der Waals surface area contributed by atoms with Gasteiger partial charge in [0.15, 0.2) is 6.79 Å². The molecule has 0 aromatic rings. The van der Waals surface area contributed by atoms with Gasteiger partial charge in [-0.1, -0.05) is 25.0 Å². The van der Waals surface area contributed by atoms with Gasteiger partial charge in [-0.2, -0.15) is 0 Å². The Balaban J connectivity index is 1.43. The first-order valence-electron chi connectivity index (χ1n) is 6.90. The topological polar surface area (TPSA) is 55.8 Å². The van der Waals surface area contributed by atoms with Gasteiger partial charge in [-0.25, -0.2) is 0 Å². The van der Waals surface area contributed by atoms with E-state index in [1.807, 2.05) is 12.2 Å². The summed E-state index contributed by atoms with van der Waals surface area (Å²) in [5, 5.41) is 9.84. The Morgan fingerprint density at radius 2 is 2.06 bits per heavy atom. The maximum Gasteiger partial charge on any atom is 0.311 e. The molecular formula is C14H20O4. The summed E-state index contributed by atoms with van der Waals surface area (Å²) in [5.74, 6) is -0.302. The Hall–Kier alpha value is -0.870. The van der Waals surface area contributed by atoms with E-state index in [2.05, 4.69) is 0 Å². The minimum absolute atomic E-state index is 0.0472. The second kappa shape index (κ2) is 5.02. The zero-order valence-corrected chi connectivity index (χ0v) is 10.5. The van der Waals surface area contributed by atoms with E-state index in [4.69, 9.17) is 9.47 Å². The number of hydrogen-bond donors (Lipinski definition) is 1. The molecule has 1 N–H and O–H groups in total. The Morgan fingerprint density at radius 1 is 1.28 bits per heavy atom. The molecule has 0 aliphatic heterocycles. The van der Waals surface area contributed by atoms with Crippen molar-refractivity contribution in [2.45, 2.75) is 44.3 Å². The van der Waals surface area contributed by atoms with Gasteiger partial charge in [0.05, 0.1) is 18.1 Å². The van der Waals surface area contributed by atoms with E-state index < -0.39 is 6.10 Å². The SMILES string of the molecule is O=C(OCOC1CCCC1)C1CC2C=CC1C2O. The molecule has 18 heavy (non-hydrogen) atoms. The molecule has 0 saturated heterocycles. The summed E-state index contributed by atoms with van der Waals surface area (Å²) in [7, 11) is 0. The van der Waals surface area contributed by atoms with Crippen LogP contribution in [-0.2, 0) is 14.3 Å². The molecule has 4 heteroatoms. The number of rotatable bonds is 4. The van der Waals surface area contributed by atoms with E-state index in [-0.39, 0.29) is 36.6 Å². The lowest BCUT2D eigenvalue weighted by molar-refractivity contribution is -0.166. The second-order valence-corrected chi connectivity index (χ2v) is 5.61. The summed E-state index contributed by atoms with van der Waals surface area (Å²) < 4.78 is 10.7. The summed E-state index contributed by atoms with van der Waals surface area (Å²) >= 11 is 0. The summed E-state index contributed by atoms with van der Waals surface area (Å²) in [5.41, 5.74) is 0. The molecule has 0 spiro atoms. The van der Waals surface area contributed by atoms with Crippen LogP contribution in [-0.4, -0.2) is 30.1 Å². The number of carbonyl (C=O) groups is 1. The van der Waals surface area contributed by atoms with E-state index in [0.29, 0.717) is 6.42 Å². The number of fused-ring (bicyclic) bond motifs is 2. The van der Waals surface area contributed by atoms with Crippen LogP contribution < -0.4 is 0 Å². The minimum atomic E-state index is -0.390. The Kier molecular flexibility index (Phi) is 3.39. The standard InChI is InChI=1S/C14H20O4/c15-13-9-5-6-11(13)12(7-9)14(16)18-8-17-10-3-1-2-4-10/h5-6,9-13,15H,1-4,7-8H2. The van der Waals surface area contributed by atoms with E-state index in [1.165, 1.54) is 12.8 Å². The van der Waals surface area contributed by atoms with Crippen molar-refractivity contribution >= 4 is 5.97 Å². The van der Waals surface area contributed by atoms with Crippen molar-refractivity contribution in [3.63, 3.8) is 0 Å². The van der Waals surface area contributed by atoms with Crippen molar-refractivity contribution in [2.24, 2.45) is 17.8 Å². The molecule has 2 fully saturated rings. The van der Waals surface area contributed by atoms with Gasteiger partial charge in [0.25, 0.3) is 0 Å². The summed E-state index contributed by atoms with van der Waals surface area (Å²) in [6.07, 6.45) is 9.12. The van der Waals surface area contributed by atoms with E-state index in [1.54, 1.807) is 0 Å². The monoisotopic (exact) mass is 252 g/mol. The molecule has 4 atom stereocenters. The smallest absolute Gasteiger partial charge is 0.311 e. The highest BCUT2D eigenvalue weighted by molar-refractivity contribution is 5.74. The number of aliphatic hydroxyl groups excluding tert-OH is 1. The first-order valence-corrected chi connectivity index (χ1v) is 6.90. The number of hydrogen-bond acceptors (Lipinski definition) is 4. The summed E-state index contributed by atoms with van der Waals surface area (Å²) in [6.45, 7) is 0.0667. The van der Waals surface area contributed by atoms with Crippen LogP contribution in [0.1, 0.15) is 32.1 Å². The maximum absolute atomic E-state index is 11.9. The van der Waals surface area contributed by atoms with Crippen LogP contribution in [0.3, 0.4) is 0 Å². The van der Waals surface area contributed by atoms with Crippen LogP contribution in [0.5, 0.6) is 0 Å². The van der Waals surface area contributed by atoms with Gasteiger partial charge in [-0.05, 0) is 19.3 Å². The van der Waals surface area contributed by atoms with E-state index in [9.17, 15) is 9.90 Å². The van der Waals surface area contributed by atoms with Crippen LogP contribution in [0.15, 0.2) is 12.2 Å². The molecule has 0 aromatic heterocycles. The number of esters is 1. The summed E-state index contributed by atoms with van der Waals surface area (Å²) in [4.78, 5) is 11.9. The van der Waals surface area contributed by atoms with Crippen molar-refractivity contribution in [3.8, 4) is 0 Å². The second-order valence-electron chi connectivity index (χ2n) is 5.61. The van der Waals surface area contributed by atoms with Gasteiger partial charge in [0, 0.05) is 11.8 Å². The highest BCUT2D eigenvalue weighted by Crippen LogP contribution is 2.44. The highest BCUT2D eigenvalue weighted by atomic mass is 16.7. The lowest BCUT2D eigenvalue weighted by Gasteiger charge is -2.18. The fourth-order valence-electron chi connectivity index (χ4n) is 3.43. The molecule has 2 saturated carbocycles. The third-order valence-corrected chi connectivity index (χ3v) is 4.51. The number of ether oxygens (including phenoxy) is 2. The number of aliphatic hydroxyl groups is 1. The van der Waals surface area contributed by atoms with Crippen LogP contribution >= 0.6 is 0 Å². The van der Waals surface area contributed by atoms with Crippen molar-refractivity contribution in [2.75, 3.05) is 6.79 Å². The number of carbonyl (C=O) groups excluding carboxylic acids is 1. The molecule has 4 nitrogen and oxygen atoms in total. The molecule has 100 valence electrons. The van der Waals surface area contributed by atoms with E-state index >= 15 is 0 Å². The van der Waals surface area contributed by atoms with Gasteiger partial charge in [0.2, 0.25) is 0 Å². The largest absolute Gasteiger partial charge is 0.438 e. The average molecular weight is 252 g/mol. The first-order chi connectivity index (χ1) is 8.75. The van der Waals surface area contributed by atoms with Crippen LogP contribution in [0.2, 0.25) is 0 Å². The fourth-order valence-corrected chi connectivity index (χ4v) is 3.43. The zero-order chi connectivity index (χ0) is 12.5. The van der Waals surface area contributed by atoms with Crippen molar-refractivity contribution < 1.29 is 19.4 Å². The molecular weight excluding hydrogens is 232 g/mol. The maximum atomic E-state index is 11.9. The Bertz CT molecular complexity index is 346. The lowest BCUT2D eigenvalue weighted by Crippen LogP contribution is -2.26. The van der Waals surface area contributed by atoms with Gasteiger partial charge < -0.3 is 14.6 Å². The first kappa shape index (κ1) is 12.2. The molecule has 0 radical (unpaired) electrons. The van der Waals surface area contributed by atoms with Gasteiger partial charge in [-0.15, -0.1) is 0 Å². The predicted octanol–water partition coefficient (Wildman–Crippen LogP) is 1.63. The van der Waals surface area contributed by atoms with Gasteiger partial charge >= 0.3 is 5.97 Å². The van der Waals surface area contributed by atoms with E-state index in [0.717, 1.165) is 12.8 Å². The Labute approximate surface area is 107 Å². The van der Waals surface area contributed by atoms with Crippen LogP contribution in [0, 0.1) is 17.8 Å². The van der Waals surface area contributed by atoms with Gasteiger partial charge in [-0.3, -0.25) is 4.79 Å². The normalized spacial score (nSPS) is 38.5. The molecule has 0 heterocycles. The van der Waals surface area contributed by atoms with Crippen molar-refractivity contribution in [1.29, 1.82) is 0 Å². The third-order valence-electron chi connectivity index (χ3n) is 4.51. The molecule has 3 aliphatic rings. The highest BCUT2D eigenvalue weighted by Gasteiger charge is 2.47. The molecule has 0 amide bonds. The predicted molar refractivity (Wildman–Crippen MR) is 64.5 cm³/mol. The Morgan fingerprint density at radius 3 is 2.67 bits per heavy atom. The summed E-state index contributed by atoms with van der Waals surface area (Å²) in [6, 6.07) is 0. The van der Waals surface area contributed by atoms with Crippen molar-refractivity contribution in [3.05, 3.63) is 12.2 Å². The molecule has 3 rings (SSSR count). The molecule has 4 unspecified atom stereocenters. The van der Waals surface area contributed by atoms with Crippen LogP contribution in [0.4, 0.5) is 0 Å². The fraction of sp³-hybridized carbons (Fsp3) is 0.786. The van der Waals surface area contributed by atoms with Crippen LogP contribution in [0.25, 0.3) is 0 Å².